The Kier molecular flexibility index (Phi) is 7.23. The molecule has 0 saturated heterocycles. The third-order valence-electron chi connectivity index (χ3n) is 2.58. The number of benzene rings is 1. The maximum atomic E-state index is 12.5. The van der Waals surface area contributed by atoms with Crippen molar-refractivity contribution >= 4 is 11.8 Å². The third kappa shape index (κ3) is 4.55. The Bertz CT molecular complexity index is 334. The van der Waals surface area contributed by atoms with Crippen molar-refractivity contribution in [1.29, 1.82) is 0 Å². The van der Waals surface area contributed by atoms with E-state index in [1.807, 2.05) is 24.3 Å². The maximum absolute atomic E-state index is 12.5. The van der Waals surface area contributed by atoms with E-state index >= 15 is 0 Å². The number of rotatable bonds is 8. The van der Waals surface area contributed by atoms with Crippen LogP contribution in [-0.4, -0.2) is 32.3 Å². The number of thioether (sulfide) groups is 1. The SMILES string of the molecule is COC(c1ccc(SCCCF)cc1)C(N)CF. The molecule has 0 amide bonds. The van der Waals surface area contributed by atoms with Crippen LogP contribution >= 0.6 is 11.8 Å². The van der Waals surface area contributed by atoms with Crippen LogP contribution in [0.3, 0.4) is 0 Å². The minimum atomic E-state index is -0.653. The second kappa shape index (κ2) is 8.45. The molecule has 2 nitrogen and oxygen atoms in total. The van der Waals surface area contributed by atoms with Crippen LogP contribution in [0.1, 0.15) is 18.1 Å². The Morgan fingerprint density at radius 2 is 1.94 bits per heavy atom. The molecule has 0 fully saturated rings. The van der Waals surface area contributed by atoms with E-state index in [-0.39, 0.29) is 6.67 Å². The molecule has 0 radical (unpaired) electrons. The summed E-state index contributed by atoms with van der Waals surface area (Å²) >= 11 is 1.60. The van der Waals surface area contributed by atoms with Gasteiger partial charge in [0.05, 0.1) is 18.8 Å². The van der Waals surface area contributed by atoms with Gasteiger partial charge in [-0.2, -0.15) is 0 Å². The second-order valence-corrected chi connectivity index (χ2v) is 5.10. The monoisotopic (exact) mass is 275 g/mol. The molecule has 1 aromatic carbocycles. The van der Waals surface area contributed by atoms with Crippen LogP contribution in [0.25, 0.3) is 0 Å². The Balaban J connectivity index is 2.63. The zero-order valence-electron chi connectivity index (χ0n) is 10.4. The first-order valence-corrected chi connectivity index (χ1v) is 6.84. The molecule has 2 atom stereocenters. The minimum Gasteiger partial charge on any atom is -0.375 e. The van der Waals surface area contributed by atoms with Crippen molar-refractivity contribution < 1.29 is 13.5 Å². The van der Waals surface area contributed by atoms with E-state index in [0.29, 0.717) is 6.42 Å². The van der Waals surface area contributed by atoms with Crippen molar-refractivity contribution in [3.05, 3.63) is 29.8 Å². The summed E-state index contributed by atoms with van der Waals surface area (Å²) in [7, 11) is 1.52. The summed E-state index contributed by atoms with van der Waals surface area (Å²) in [6, 6.07) is 6.95. The lowest BCUT2D eigenvalue weighted by molar-refractivity contribution is 0.0720. The quantitative estimate of drug-likeness (QED) is 0.585. The molecule has 0 aliphatic rings. The molecular formula is C13H19F2NOS. The van der Waals surface area contributed by atoms with Gasteiger partial charge < -0.3 is 10.5 Å². The van der Waals surface area contributed by atoms with Crippen LogP contribution < -0.4 is 5.73 Å². The molecule has 0 heterocycles. The van der Waals surface area contributed by atoms with Crippen molar-refractivity contribution in [3.63, 3.8) is 0 Å². The van der Waals surface area contributed by atoms with Gasteiger partial charge in [-0.3, -0.25) is 4.39 Å². The first-order chi connectivity index (χ1) is 8.72. The summed E-state index contributed by atoms with van der Waals surface area (Å²) in [5, 5.41) is 0. The van der Waals surface area contributed by atoms with E-state index in [4.69, 9.17) is 10.5 Å². The van der Waals surface area contributed by atoms with Crippen molar-refractivity contribution in [1.82, 2.24) is 0 Å². The summed E-state index contributed by atoms with van der Waals surface area (Å²) in [6.45, 7) is -0.909. The molecule has 1 aromatic rings. The number of halogens is 2. The van der Waals surface area contributed by atoms with Crippen molar-refractivity contribution in [3.8, 4) is 0 Å². The smallest absolute Gasteiger partial charge is 0.107 e. The fraction of sp³-hybridized carbons (Fsp3) is 0.538. The standard InChI is InChI=1S/C13H19F2NOS/c1-17-13(12(16)9-15)10-3-5-11(6-4-10)18-8-2-7-14/h3-6,12-13H,2,7-9,16H2,1H3. The van der Waals surface area contributed by atoms with E-state index in [1.165, 1.54) is 7.11 Å². The third-order valence-corrected chi connectivity index (χ3v) is 3.67. The molecule has 0 aliphatic heterocycles. The second-order valence-electron chi connectivity index (χ2n) is 3.93. The van der Waals surface area contributed by atoms with Crippen LogP contribution in [-0.2, 0) is 4.74 Å². The highest BCUT2D eigenvalue weighted by molar-refractivity contribution is 7.99. The molecule has 0 spiro atoms. The van der Waals surface area contributed by atoms with Gasteiger partial charge in [0.25, 0.3) is 0 Å². The number of nitrogens with two attached hydrogens (primary N) is 1. The highest BCUT2D eigenvalue weighted by atomic mass is 32.2. The van der Waals surface area contributed by atoms with E-state index in [2.05, 4.69) is 0 Å². The van der Waals surface area contributed by atoms with Gasteiger partial charge in [0.1, 0.15) is 6.67 Å². The highest BCUT2D eigenvalue weighted by Gasteiger charge is 2.18. The average Bonchev–Trinajstić information content (AvgIpc) is 2.41. The zero-order chi connectivity index (χ0) is 13.4. The predicted octanol–water partition coefficient (Wildman–Crippen LogP) is 3.12. The summed E-state index contributed by atoms with van der Waals surface area (Å²) in [5.74, 6) is 0.757. The molecule has 1 rings (SSSR count). The first-order valence-electron chi connectivity index (χ1n) is 5.86. The van der Waals surface area contributed by atoms with Gasteiger partial charge in [-0.05, 0) is 24.1 Å². The predicted molar refractivity (Wildman–Crippen MR) is 71.5 cm³/mol. The number of ether oxygens (including phenoxy) is 1. The summed E-state index contributed by atoms with van der Waals surface area (Å²) < 4.78 is 29.7. The summed E-state index contributed by atoms with van der Waals surface area (Å²) in [5.41, 5.74) is 6.51. The number of methoxy groups -OCH3 is 1. The van der Waals surface area contributed by atoms with Crippen LogP contribution in [0.4, 0.5) is 8.78 Å². The molecule has 0 bridgehead atoms. The van der Waals surface area contributed by atoms with Crippen LogP contribution in [0.2, 0.25) is 0 Å². The molecular weight excluding hydrogens is 256 g/mol. The van der Waals surface area contributed by atoms with Gasteiger partial charge in [0.15, 0.2) is 0 Å². The van der Waals surface area contributed by atoms with E-state index in [0.717, 1.165) is 16.2 Å². The first kappa shape index (κ1) is 15.4. The van der Waals surface area contributed by atoms with Gasteiger partial charge in [-0.15, -0.1) is 11.8 Å². The topological polar surface area (TPSA) is 35.2 Å². The van der Waals surface area contributed by atoms with Gasteiger partial charge >= 0.3 is 0 Å². The Morgan fingerprint density at radius 1 is 1.28 bits per heavy atom. The van der Waals surface area contributed by atoms with Crippen molar-refractivity contribution in [2.75, 3.05) is 26.2 Å². The lowest BCUT2D eigenvalue weighted by Crippen LogP contribution is -2.31. The van der Waals surface area contributed by atoms with Gasteiger partial charge in [0.2, 0.25) is 0 Å². The number of alkyl halides is 2. The zero-order valence-corrected chi connectivity index (χ0v) is 11.3. The fourth-order valence-corrected chi connectivity index (χ4v) is 2.45. The molecule has 5 heteroatoms. The van der Waals surface area contributed by atoms with Crippen LogP contribution in [0, 0.1) is 0 Å². The van der Waals surface area contributed by atoms with Crippen molar-refractivity contribution in [2.45, 2.75) is 23.5 Å². The molecule has 0 aliphatic carbocycles. The van der Waals surface area contributed by atoms with Crippen molar-refractivity contribution in [2.24, 2.45) is 5.73 Å². The lowest BCUT2D eigenvalue weighted by Gasteiger charge is -2.20. The molecule has 0 saturated carbocycles. The molecule has 0 aromatic heterocycles. The molecule has 2 unspecified atom stereocenters. The van der Waals surface area contributed by atoms with E-state index in [9.17, 15) is 8.78 Å². The molecule has 18 heavy (non-hydrogen) atoms. The highest BCUT2D eigenvalue weighted by Crippen LogP contribution is 2.24. The normalized spacial score (nSPS) is 14.4. The average molecular weight is 275 g/mol. The Labute approximate surface area is 111 Å². The minimum absolute atomic E-state index is 0.289. The summed E-state index contributed by atoms with van der Waals surface area (Å²) in [4.78, 5) is 1.07. The number of hydrogen-bond acceptors (Lipinski definition) is 3. The van der Waals surface area contributed by atoms with E-state index in [1.54, 1.807) is 11.8 Å². The Hall–Kier alpha value is -0.650. The fourth-order valence-electron chi connectivity index (χ4n) is 1.64. The van der Waals surface area contributed by atoms with Crippen LogP contribution in [0.5, 0.6) is 0 Å². The lowest BCUT2D eigenvalue weighted by atomic mass is 10.0. The van der Waals surface area contributed by atoms with Gasteiger partial charge in [0, 0.05) is 17.8 Å². The summed E-state index contributed by atoms with van der Waals surface area (Å²) in [6.07, 6.45) is 0.125. The number of hydrogen-bond donors (Lipinski definition) is 1. The maximum Gasteiger partial charge on any atom is 0.107 e. The Morgan fingerprint density at radius 3 is 2.44 bits per heavy atom. The molecule has 102 valence electrons. The van der Waals surface area contributed by atoms with E-state index < -0.39 is 18.8 Å². The largest absolute Gasteiger partial charge is 0.375 e. The van der Waals surface area contributed by atoms with Crippen LogP contribution in [0.15, 0.2) is 29.2 Å². The van der Waals surface area contributed by atoms with Gasteiger partial charge in [-0.1, -0.05) is 12.1 Å². The van der Waals surface area contributed by atoms with Gasteiger partial charge in [-0.25, -0.2) is 4.39 Å². The molecule has 2 N–H and O–H groups in total.